The van der Waals surface area contributed by atoms with Crippen molar-refractivity contribution in [2.24, 2.45) is 41.1 Å². The summed E-state index contributed by atoms with van der Waals surface area (Å²) in [6.07, 6.45) is 11.6. The normalized spacial score (nSPS) is 11.5. The van der Waals surface area contributed by atoms with Gasteiger partial charge in [-0.05, 0) is 91.7 Å². The molecule has 0 aliphatic rings. The molecule has 0 amide bonds. The average molecular weight is 1260 g/mol. The summed E-state index contributed by atoms with van der Waals surface area (Å²) in [5.41, 5.74) is 13.6. The zero-order valence-corrected chi connectivity index (χ0v) is 58.6. The fourth-order valence-corrected chi connectivity index (χ4v) is 6.29. The molecule has 12 N–H and O–H groups in total. The van der Waals surface area contributed by atoms with Crippen LogP contribution < -0.4 is 81.7 Å². The molecule has 87 heavy (non-hydrogen) atoms. The third kappa shape index (κ3) is 69.6. The van der Waals surface area contributed by atoms with Crippen molar-refractivity contribution in [3.8, 4) is 0 Å². The Kier molecular flexibility index (Phi) is 90.2. The quantitative estimate of drug-likeness (QED) is 0.0224. The van der Waals surface area contributed by atoms with Crippen LogP contribution in [-0.4, -0.2) is 143 Å². The van der Waals surface area contributed by atoms with Gasteiger partial charge in [0.25, 0.3) is 0 Å². The molecule has 0 heterocycles. The van der Waals surface area contributed by atoms with E-state index in [4.69, 9.17) is 56.7 Å². The second kappa shape index (κ2) is 74.7. The average Bonchev–Trinajstić information content (AvgIpc) is 3.52. The second-order valence-electron chi connectivity index (χ2n) is 19.1. The summed E-state index contributed by atoms with van der Waals surface area (Å²) < 4.78 is 18.9. The Labute approximate surface area is 578 Å². The van der Waals surface area contributed by atoms with E-state index in [0.717, 1.165) is 64.2 Å². The SMILES string of the molecule is CC(=O)OC(C)C.CCCCC(C(=O)O)C(=O)OCC.CCCCC(C(=O)OCC)C(=O)OCC.CCCCC(CO)C(=O)O.CCCC[C@@H](CO)C(=O)O.CCCC[C@H](CO)C(=O)O.C[C@@H](N)c1ccccc1.C[C@@H](N)c1ccccc1.[B].[H-].[K+].[Li+].[OH-]. The van der Waals surface area contributed by atoms with E-state index in [1.165, 1.54) is 18.1 Å². The minimum atomic E-state index is -1.09. The van der Waals surface area contributed by atoms with Crippen LogP contribution in [0.25, 0.3) is 0 Å². The first-order valence-electron chi connectivity index (χ1n) is 29.2. The van der Waals surface area contributed by atoms with E-state index in [0.29, 0.717) is 45.3 Å². The Morgan fingerprint density at radius 2 is 0.690 bits per heavy atom. The zero-order chi connectivity index (χ0) is 65.1. The molecule has 0 saturated heterocycles. The number of benzene rings is 2. The predicted octanol–water partition coefficient (Wildman–Crippen LogP) is 3.90. The first-order valence-corrected chi connectivity index (χ1v) is 29.2. The van der Waals surface area contributed by atoms with Gasteiger partial charge in [0.05, 0.1) is 63.5 Å². The second-order valence-corrected chi connectivity index (χ2v) is 19.1. The Morgan fingerprint density at radius 3 is 0.851 bits per heavy atom. The number of aliphatic carboxylic acids is 4. The molecule has 0 bridgehead atoms. The molecule has 25 heteroatoms. The number of esters is 4. The third-order valence-electron chi connectivity index (χ3n) is 11.2. The van der Waals surface area contributed by atoms with Crippen LogP contribution in [0.3, 0.4) is 0 Å². The number of rotatable bonds is 31. The molecule has 495 valence electrons. The molecule has 2 rings (SSSR count). The molecule has 6 atom stereocenters. The molecule has 2 unspecified atom stereocenters. The van der Waals surface area contributed by atoms with Crippen molar-refractivity contribution < 1.29 is 170 Å². The van der Waals surface area contributed by atoms with Crippen molar-refractivity contribution in [3.63, 3.8) is 0 Å². The summed E-state index contributed by atoms with van der Waals surface area (Å²) in [5, 5.41) is 59.6. The number of hydrogen-bond acceptors (Lipinski definition) is 18. The number of unbranched alkanes of at least 4 members (excludes halogenated alkanes) is 5. The van der Waals surface area contributed by atoms with Gasteiger partial charge in [0.1, 0.15) is 0 Å². The number of carbonyl (C=O) groups is 8. The topological polar surface area (TPSA) is 397 Å². The molecular weight excluding hydrogens is 1150 g/mol. The van der Waals surface area contributed by atoms with E-state index in [-0.39, 0.29) is 136 Å². The summed E-state index contributed by atoms with van der Waals surface area (Å²) in [5.74, 6) is -8.94. The van der Waals surface area contributed by atoms with Gasteiger partial charge in [0, 0.05) is 27.4 Å². The smallest absolute Gasteiger partial charge is 1.00 e. The van der Waals surface area contributed by atoms with E-state index >= 15 is 0 Å². The monoisotopic (exact) mass is 1260 g/mol. The number of ether oxygens (including phenoxy) is 4. The van der Waals surface area contributed by atoms with Crippen LogP contribution in [0.1, 0.15) is 211 Å². The van der Waals surface area contributed by atoms with Gasteiger partial charge >= 0.3 is 118 Å². The van der Waals surface area contributed by atoms with Crippen LogP contribution in [0.4, 0.5) is 0 Å². The molecule has 0 fully saturated rings. The number of aliphatic hydroxyl groups is 3. The van der Waals surface area contributed by atoms with E-state index < -0.39 is 71.4 Å². The molecule has 22 nitrogen and oxygen atoms in total. The summed E-state index contributed by atoms with van der Waals surface area (Å²) in [4.78, 5) is 85.5. The standard InChI is InChI=1S/C11H20O4.C9H16O4.2C8H11N.3C7H14O3.C5H10O2.B.K.Li.H2O.H/c1-4-7-8-9(10(12)14-5-2)11(13)15-6-3;1-3-5-6-7(8(10)11)9(12)13-4-2;2*1-7(9)8-5-3-2-4-6-8;3*1-2-3-4-6(5-8)7(9)10;1-4(2)7-5(3)6;;;;;/h9H,4-8H2,1-3H3;7H,3-6H2,1-2H3,(H,10,11);2*2-7H,9H2,1H3;3*6,8H,2-5H2,1H3,(H,9,10);4H,1-3H3;;;;1H2;/q;;;;;;;;;2*+1;;-1/p-1/t;;2*7-;2*6-;;;;;;;/m..1110......./s1. The number of hydrogen-bond donors (Lipinski definition) is 9. The Bertz CT molecular complexity index is 1790. The fourth-order valence-electron chi connectivity index (χ4n) is 6.29. The Hall–Kier alpha value is -3.74. The van der Waals surface area contributed by atoms with Gasteiger partial charge in [-0.25, -0.2) is 0 Å². The molecule has 0 aliphatic heterocycles. The molecule has 0 aliphatic carbocycles. The van der Waals surface area contributed by atoms with Gasteiger partial charge in [0.2, 0.25) is 0 Å². The molecule has 0 spiro atoms. The first-order chi connectivity index (χ1) is 39.2. The van der Waals surface area contributed by atoms with E-state index in [9.17, 15) is 38.4 Å². The van der Waals surface area contributed by atoms with Crippen LogP contribution >= 0.6 is 0 Å². The summed E-state index contributed by atoms with van der Waals surface area (Å²) in [7, 11) is 0. The van der Waals surface area contributed by atoms with Crippen molar-refractivity contribution in [1.82, 2.24) is 0 Å². The number of carbonyl (C=O) groups excluding carboxylic acids is 4. The van der Waals surface area contributed by atoms with Gasteiger partial charge < -0.3 is 73.1 Å². The van der Waals surface area contributed by atoms with Crippen molar-refractivity contribution in [1.29, 1.82) is 0 Å². The molecular formula is C62H112BKLiN2O20. The Morgan fingerprint density at radius 1 is 0.448 bits per heavy atom. The van der Waals surface area contributed by atoms with Crippen LogP contribution in [0.2, 0.25) is 0 Å². The van der Waals surface area contributed by atoms with Crippen LogP contribution in [0, 0.1) is 29.6 Å². The largest absolute Gasteiger partial charge is 1.00 e. The first kappa shape index (κ1) is 105. The van der Waals surface area contributed by atoms with E-state index in [2.05, 4.69) is 9.47 Å². The van der Waals surface area contributed by atoms with Crippen molar-refractivity contribution in [2.75, 3.05) is 39.6 Å². The minimum absolute atomic E-state index is 0. The zero-order valence-electron chi connectivity index (χ0n) is 56.5. The third-order valence-corrected chi connectivity index (χ3v) is 11.2. The van der Waals surface area contributed by atoms with E-state index in [1.807, 2.05) is 123 Å². The maximum atomic E-state index is 11.4. The molecule has 0 aromatic heterocycles. The van der Waals surface area contributed by atoms with Gasteiger partial charge in [-0.1, -0.05) is 159 Å². The maximum absolute atomic E-state index is 11.4. The molecule has 0 saturated carbocycles. The van der Waals surface area contributed by atoms with Crippen LogP contribution in [0.5, 0.6) is 0 Å². The van der Waals surface area contributed by atoms with Gasteiger partial charge in [-0.3, -0.25) is 38.4 Å². The van der Waals surface area contributed by atoms with Crippen molar-refractivity contribution in [2.45, 2.75) is 205 Å². The minimum Gasteiger partial charge on any atom is -1.00 e. The number of nitrogens with two attached hydrogens (primary N) is 2. The van der Waals surface area contributed by atoms with Gasteiger partial charge in [-0.2, -0.15) is 0 Å². The van der Waals surface area contributed by atoms with Gasteiger partial charge in [0.15, 0.2) is 11.8 Å². The summed E-state index contributed by atoms with van der Waals surface area (Å²) in [6.45, 7) is 24.2. The summed E-state index contributed by atoms with van der Waals surface area (Å²) >= 11 is 0. The van der Waals surface area contributed by atoms with Gasteiger partial charge in [-0.15, -0.1) is 0 Å². The molecule has 3 radical (unpaired) electrons. The predicted molar refractivity (Wildman–Crippen MR) is 331 cm³/mol. The van der Waals surface area contributed by atoms with Crippen molar-refractivity contribution >= 4 is 56.2 Å². The number of carboxylic acid groups (broad SMARTS) is 4. The number of carboxylic acids is 4. The number of aliphatic hydroxyl groups excluding tert-OH is 3. The summed E-state index contributed by atoms with van der Waals surface area (Å²) in [6, 6.07) is 20.4. The van der Waals surface area contributed by atoms with Crippen molar-refractivity contribution in [3.05, 3.63) is 71.8 Å². The molecule has 2 aromatic carbocycles. The fraction of sp³-hybridized carbons (Fsp3) is 0.677. The van der Waals surface area contributed by atoms with Crippen LogP contribution in [0.15, 0.2) is 60.7 Å². The molecule has 2 aromatic rings. The Balaban J connectivity index is -0.0000000855. The van der Waals surface area contributed by atoms with E-state index in [1.54, 1.807) is 20.8 Å². The maximum Gasteiger partial charge on any atom is 1.00 e. The van der Waals surface area contributed by atoms with Crippen LogP contribution in [-0.2, 0) is 57.3 Å².